The molecule has 2 rings (SSSR count). The van der Waals surface area contributed by atoms with E-state index in [-0.39, 0.29) is 0 Å². The maximum atomic E-state index is 6.23. The Balaban J connectivity index is 2.14. The first-order chi connectivity index (χ1) is 9.97. The fraction of sp³-hybridized carbons (Fsp3) is 0.647. The number of hydrogen-bond acceptors (Lipinski definition) is 3. The maximum absolute atomic E-state index is 6.23. The Labute approximate surface area is 134 Å². The molecular weight excluding hydrogens is 282 g/mol. The van der Waals surface area contributed by atoms with Crippen molar-refractivity contribution in [2.75, 3.05) is 32.1 Å². The van der Waals surface area contributed by atoms with E-state index < -0.39 is 0 Å². The van der Waals surface area contributed by atoms with Crippen molar-refractivity contribution < 1.29 is 0 Å². The van der Waals surface area contributed by atoms with Gasteiger partial charge < -0.3 is 15.1 Å². The van der Waals surface area contributed by atoms with E-state index in [0.29, 0.717) is 12.1 Å². The van der Waals surface area contributed by atoms with Gasteiger partial charge in [0.2, 0.25) is 0 Å². The molecule has 0 aliphatic carbocycles. The average molecular weight is 310 g/mol. The predicted octanol–water partition coefficient (Wildman–Crippen LogP) is 3.37. The zero-order chi connectivity index (χ0) is 15.4. The molecule has 1 heterocycles. The van der Waals surface area contributed by atoms with Crippen LogP contribution in [0.5, 0.6) is 0 Å². The molecule has 0 unspecified atom stereocenters. The zero-order valence-corrected chi connectivity index (χ0v) is 14.5. The Kier molecular flexibility index (Phi) is 5.91. The molecule has 0 radical (unpaired) electrons. The number of nitrogens with one attached hydrogen (secondary N) is 1. The molecule has 1 saturated heterocycles. The standard InChI is InChI=1S/C17H28ClN3/c1-13(2)19-12-14-5-6-15(18)11-17(14)21(4)16-7-9-20(3)10-8-16/h5-6,11,13,16,19H,7-10,12H2,1-4H3. The van der Waals surface area contributed by atoms with Gasteiger partial charge in [-0.3, -0.25) is 0 Å². The van der Waals surface area contributed by atoms with Crippen LogP contribution in [0.1, 0.15) is 32.3 Å². The Hall–Kier alpha value is -0.770. The number of likely N-dealkylation sites (tertiary alicyclic amines) is 1. The lowest BCUT2D eigenvalue weighted by Crippen LogP contribution is -2.42. The highest BCUT2D eigenvalue weighted by molar-refractivity contribution is 6.30. The van der Waals surface area contributed by atoms with E-state index in [1.54, 1.807) is 0 Å². The molecular formula is C17H28ClN3. The molecule has 0 spiro atoms. The van der Waals surface area contributed by atoms with Gasteiger partial charge in [-0.1, -0.05) is 31.5 Å². The lowest BCUT2D eigenvalue weighted by molar-refractivity contribution is 0.252. The van der Waals surface area contributed by atoms with Gasteiger partial charge in [0.1, 0.15) is 0 Å². The molecule has 21 heavy (non-hydrogen) atoms. The van der Waals surface area contributed by atoms with Crippen molar-refractivity contribution in [3.8, 4) is 0 Å². The number of halogens is 1. The van der Waals surface area contributed by atoms with E-state index in [9.17, 15) is 0 Å². The van der Waals surface area contributed by atoms with Crippen LogP contribution in [-0.4, -0.2) is 44.2 Å². The molecule has 4 heteroatoms. The summed E-state index contributed by atoms with van der Waals surface area (Å²) in [6.45, 7) is 7.60. The summed E-state index contributed by atoms with van der Waals surface area (Å²) in [5.41, 5.74) is 2.60. The lowest BCUT2D eigenvalue weighted by atomic mass is 10.0. The van der Waals surface area contributed by atoms with Crippen LogP contribution in [0.3, 0.4) is 0 Å². The summed E-state index contributed by atoms with van der Waals surface area (Å²) in [5, 5.41) is 4.33. The molecule has 0 aromatic heterocycles. The van der Waals surface area contributed by atoms with Crippen molar-refractivity contribution in [3.63, 3.8) is 0 Å². The summed E-state index contributed by atoms with van der Waals surface area (Å²) < 4.78 is 0. The van der Waals surface area contributed by atoms with Gasteiger partial charge in [-0.15, -0.1) is 0 Å². The Morgan fingerprint density at radius 2 is 2.00 bits per heavy atom. The highest BCUT2D eigenvalue weighted by Crippen LogP contribution is 2.28. The molecule has 1 aliphatic rings. The summed E-state index contributed by atoms with van der Waals surface area (Å²) in [6.07, 6.45) is 2.44. The Morgan fingerprint density at radius 3 is 2.62 bits per heavy atom. The quantitative estimate of drug-likeness (QED) is 0.899. The van der Waals surface area contributed by atoms with Crippen LogP contribution in [-0.2, 0) is 6.54 Å². The lowest BCUT2D eigenvalue weighted by Gasteiger charge is -2.37. The van der Waals surface area contributed by atoms with Gasteiger partial charge in [0, 0.05) is 36.4 Å². The highest BCUT2D eigenvalue weighted by atomic mass is 35.5. The monoisotopic (exact) mass is 309 g/mol. The second-order valence-corrected chi connectivity index (χ2v) is 6.89. The second-order valence-electron chi connectivity index (χ2n) is 6.45. The minimum Gasteiger partial charge on any atom is -0.371 e. The van der Waals surface area contributed by atoms with Crippen molar-refractivity contribution in [3.05, 3.63) is 28.8 Å². The zero-order valence-electron chi connectivity index (χ0n) is 13.7. The van der Waals surface area contributed by atoms with Crippen molar-refractivity contribution >= 4 is 17.3 Å². The SMILES string of the molecule is CC(C)NCc1ccc(Cl)cc1N(C)C1CCN(C)CC1. The third-order valence-corrected chi connectivity index (χ3v) is 4.60. The summed E-state index contributed by atoms with van der Waals surface area (Å²) >= 11 is 6.23. The van der Waals surface area contributed by atoms with E-state index in [4.69, 9.17) is 11.6 Å². The molecule has 1 aromatic carbocycles. The normalized spacial score (nSPS) is 17.4. The van der Waals surface area contributed by atoms with E-state index in [0.717, 1.165) is 11.6 Å². The average Bonchev–Trinajstić information content (AvgIpc) is 2.46. The number of benzene rings is 1. The van der Waals surface area contributed by atoms with Gasteiger partial charge in [0.25, 0.3) is 0 Å². The van der Waals surface area contributed by atoms with E-state index in [2.05, 4.69) is 55.2 Å². The molecule has 1 aromatic rings. The molecule has 1 fully saturated rings. The van der Waals surface area contributed by atoms with Gasteiger partial charge in [0.05, 0.1) is 0 Å². The number of hydrogen-bond donors (Lipinski definition) is 1. The Bertz CT molecular complexity index is 453. The Morgan fingerprint density at radius 1 is 1.33 bits per heavy atom. The van der Waals surface area contributed by atoms with Gasteiger partial charge in [0.15, 0.2) is 0 Å². The number of piperidine rings is 1. The molecule has 3 nitrogen and oxygen atoms in total. The highest BCUT2D eigenvalue weighted by Gasteiger charge is 2.22. The molecule has 0 bridgehead atoms. The van der Waals surface area contributed by atoms with Crippen LogP contribution in [0, 0.1) is 0 Å². The minimum atomic E-state index is 0.488. The first kappa shape index (κ1) is 16.6. The van der Waals surface area contributed by atoms with Gasteiger partial charge in [-0.2, -0.15) is 0 Å². The fourth-order valence-corrected chi connectivity index (χ4v) is 3.07. The topological polar surface area (TPSA) is 18.5 Å². The smallest absolute Gasteiger partial charge is 0.0426 e. The van der Waals surface area contributed by atoms with Crippen molar-refractivity contribution in [2.45, 2.75) is 45.3 Å². The minimum absolute atomic E-state index is 0.488. The number of anilines is 1. The predicted molar refractivity (Wildman–Crippen MR) is 92.3 cm³/mol. The fourth-order valence-electron chi connectivity index (χ4n) is 2.91. The largest absolute Gasteiger partial charge is 0.371 e. The van der Waals surface area contributed by atoms with E-state index in [1.165, 1.54) is 37.2 Å². The summed E-state index contributed by atoms with van der Waals surface area (Å²) in [5.74, 6) is 0. The maximum Gasteiger partial charge on any atom is 0.0426 e. The van der Waals surface area contributed by atoms with Gasteiger partial charge in [-0.05, 0) is 50.7 Å². The molecule has 0 amide bonds. The molecule has 0 atom stereocenters. The first-order valence-electron chi connectivity index (χ1n) is 7.90. The van der Waals surface area contributed by atoms with Crippen LogP contribution in [0.4, 0.5) is 5.69 Å². The van der Waals surface area contributed by atoms with E-state index in [1.807, 2.05) is 6.07 Å². The van der Waals surface area contributed by atoms with Crippen molar-refractivity contribution in [1.29, 1.82) is 0 Å². The first-order valence-corrected chi connectivity index (χ1v) is 8.28. The van der Waals surface area contributed by atoms with Gasteiger partial charge in [-0.25, -0.2) is 0 Å². The third-order valence-electron chi connectivity index (χ3n) is 4.36. The van der Waals surface area contributed by atoms with Crippen LogP contribution in [0.15, 0.2) is 18.2 Å². The van der Waals surface area contributed by atoms with Crippen molar-refractivity contribution in [2.24, 2.45) is 0 Å². The second kappa shape index (κ2) is 7.48. The van der Waals surface area contributed by atoms with Crippen LogP contribution in [0.2, 0.25) is 5.02 Å². The molecule has 1 N–H and O–H groups in total. The summed E-state index contributed by atoms with van der Waals surface area (Å²) in [4.78, 5) is 4.83. The van der Waals surface area contributed by atoms with Crippen LogP contribution >= 0.6 is 11.6 Å². The van der Waals surface area contributed by atoms with Crippen LogP contribution in [0.25, 0.3) is 0 Å². The summed E-state index contributed by atoms with van der Waals surface area (Å²) in [7, 11) is 4.41. The van der Waals surface area contributed by atoms with Crippen molar-refractivity contribution in [1.82, 2.24) is 10.2 Å². The van der Waals surface area contributed by atoms with Crippen LogP contribution < -0.4 is 10.2 Å². The third kappa shape index (κ3) is 4.60. The number of rotatable bonds is 5. The number of nitrogens with zero attached hydrogens (tertiary/aromatic N) is 2. The van der Waals surface area contributed by atoms with Gasteiger partial charge >= 0.3 is 0 Å². The molecule has 118 valence electrons. The van der Waals surface area contributed by atoms with E-state index >= 15 is 0 Å². The molecule has 1 aliphatic heterocycles. The molecule has 0 saturated carbocycles. The summed E-state index contributed by atoms with van der Waals surface area (Å²) in [6, 6.07) is 7.35.